The Balaban J connectivity index is 1.71. The average Bonchev–Trinajstić information content (AvgIpc) is 3.21. The predicted molar refractivity (Wildman–Crippen MR) is 76.3 cm³/mol. The van der Waals surface area contributed by atoms with Crippen molar-refractivity contribution in [2.75, 3.05) is 19.6 Å². The highest BCUT2D eigenvalue weighted by Gasteiger charge is 2.37. The Morgan fingerprint density at radius 2 is 2.20 bits per heavy atom. The van der Waals surface area contributed by atoms with Crippen molar-refractivity contribution >= 4 is 27.7 Å². The largest absolute Gasteiger partial charge is 0.336 e. The Morgan fingerprint density at radius 1 is 1.45 bits per heavy atom. The topological polar surface area (TPSA) is 69.3 Å². The predicted octanol–water partition coefficient (Wildman–Crippen LogP) is 1.18. The number of nitrogens with one attached hydrogen (secondary N) is 1. The first-order valence-electron chi connectivity index (χ1n) is 6.93. The van der Waals surface area contributed by atoms with Crippen LogP contribution in [0.4, 0.5) is 0 Å². The van der Waals surface area contributed by atoms with Gasteiger partial charge in [-0.05, 0) is 35.2 Å². The Morgan fingerprint density at radius 3 is 2.75 bits per heavy atom. The van der Waals surface area contributed by atoms with Crippen LogP contribution in [0.2, 0.25) is 0 Å². The number of hydrogen-bond acceptors (Lipinski definition) is 3. The Labute approximate surface area is 125 Å². The highest BCUT2D eigenvalue weighted by atomic mass is 79.9. The molecule has 0 aromatic carbocycles. The van der Waals surface area contributed by atoms with Gasteiger partial charge in [-0.1, -0.05) is 6.92 Å². The van der Waals surface area contributed by atoms with E-state index in [9.17, 15) is 9.59 Å². The number of amides is 2. The van der Waals surface area contributed by atoms with Crippen LogP contribution in [-0.2, 0) is 11.2 Å². The highest BCUT2D eigenvalue weighted by molar-refractivity contribution is 9.10. The first-order valence-corrected chi connectivity index (χ1v) is 7.72. The number of hydrogen-bond donors (Lipinski definition) is 1. The van der Waals surface area contributed by atoms with E-state index in [1.54, 1.807) is 4.90 Å². The standard InChI is InChI=1S/C13H17BrN4O2/c1-2-9-11(14)12(16-15-9)13(20)17-5-6-18(8-3-4-8)10(19)7-17/h8H,2-7H2,1H3,(H,15,16). The molecule has 1 aromatic rings. The summed E-state index contributed by atoms with van der Waals surface area (Å²) in [6, 6.07) is 0.420. The molecule has 1 N–H and O–H groups in total. The van der Waals surface area contributed by atoms with Gasteiger partial charge < -0.3 is 9.80 Å². The minimum absolute atomic E-state index is 0.0504. The van der Waals surface area contributed by atoms with Crippen LogP contribution in [0.5, 0.6) is 0 Å². The van der Waals surface area contributed by atoms with Gasteiger partial charge in [0.1, 0.15) is 6.54 Å². The van der Waals surface area contributed by atoms with E-state index in [-0.39, 0.29) is 18.4 Å². The Kier molecular flexibility index (Phi) is 3.54. The van der Waals surface area contributed by atoms with E-state index in [0.717, 1.165) is 25.0 Å². The maximum Gasteiger partial charge on any atom is 0.276 e. The molecule has 3 rings (SSSR count). The van der Waals surface area contributed by atoms with E-state index in [2.05, 4.69) is 26.1 Å². The second-order valence-corrected chi connectivity index (χ2v) is 6.06. The minimum Gasteiger partial charge on any atom is -0.336 e. The van der Waals surface area contributed by atoms with E-state index in [0.29, 0.717) is 29.3 Å². The van der Waals surface area contributed by atoms with Gasteiger partial charge >= 0.3 is 0 Å². The van der Waals surface area contributed by atoms with Gasteiger partial charge in [0.2, 0.25) is 5.91 Å². The number of rotatable bonds is 3. The average molecular weight is 341 g/mol. The van der Waals surface area contributed by atoms with Crippen LogP contribution in [0, 0.1) is 0 Å². The zero-order chi connectivity index (χ0) is 14.3. The molecule has 1 aliphatic heterocycles. The van der Waals surface area contributed by atoms with Crippen LogP contribution in [-0.4, -0.2) is 57.5 Å². The molecule has 1 aliphatic carbocycles. The van der Waals surface area contributed by atoms with E-state index in [4.69, 9.17) is 0 Å². The number of aromatic amines is 1. The summed E-state index contributed by atoms with van der Waals surface area (Å²) in [5, 5.41) is 6.92. The number of aryl methyl sites for hydroxylation is 1. The number of carbonyl (C=O) groups excluding carboxylic acids is 2. The molecule has 0 radical (unpaired) electrons. The second-order valence-electron chi connectivity index (χ2n) is 5.26. The van der Waals surface area contributed by atoms with E-state index < -0.39 is 0 Å². The molecule has 2 amide bonds. The van der Waals surface area contributed by atoms with Crippen molar-refractivity contribution in [1.82, 2.24) is 20.0 Å². The summed E-state index contributed by atoms with van der Waals surface area (Å²) in [6.07, 6.45) is 2.98. The number of carbonyl (C=O) groups is 2. The summed E-state index contributed by atoms with van der Waals surface area (Å²) < 4.78 is 0.710. The van der Waals surface area contributed by atoms with E-state index >= 15 is 0 Å². The first kappa shape index (κ1) is 13.6. The summed E-state index contributed by atoms with van der Waals surface area (Å²) in [7, 11) is 0. The third-order valence-electron chi connectivity index (χ3n) is 3.86. The number of nitrogens with zero attached hydrogens (tertiary/aromatic N) is 3. The lowest BCUT2D eigenvalue weighted by molar-refractivity contribution is -0.135. The van der Waals surface area contributed by atoms with Crippen molar-refractivity contribution in [2.45, 2.75) is 32.2 Å². The molecule has 2 heterocycles. The lowest BCUT2D eigenvalue weighted by atomic mass is 10.2. The van der Waals surface area contributed by atoms with Crippen LogP contribution in [0.15, 0.2) is 4.47 Å². The summed E-state index contributed by atoms with van der Waals surface area (Å²) in [4.78, 5) is 28.0. The van der Waals surface area contributed by atoms with Crippen LogP contribution >= 0.6 is 15.9 Å². The first-order chi connectivity index (χ1) is 9.61. The zero-order valence-electron chi connectivity index (χ0n) is 11.4. The third kappa shape index (κ3) is 2.34. The van der Waals surface area contributed by atoms with Crippen LogP contribution in [0.25, 0.3) is 0 Å². The maximum atomic E-state index is 12.4. The molecule has 1 saturated heterocycles. The molecule has 20 heavy (non-hydrogen) atoms. The fourth-order valence-corrected chi connectivity index (χ4v) is 3.15. The highest BCUT2D eigenvalue weighted by Crippen LogP contribution is 2.28. The number of halogens is 1. The molecule has 1 saturated carbocycles. The summed E-state index contributed by atoms with van der Waals surface area (Å²) in [6.45, 7) is 3.38. The van der Waals surface area contributed by atoms with Crippen molar-refractivity contribution < 1.29 is 9.59 Å². The van der Waals surface area contributed by atoms with Gasteiger partial charge in [0.25, 0.3) is 5.91 Å². The van der Waals surface area contributed by atoms with Crippen molar-refractivity contribution in [3.05, 3.63) is 15.9 Å². The number of aromatic nitrogens is 2. The Bertz CT molecular complexity index is 553. The molecule has 0 unspecified atom stereocenters. The number of piperazine rings is 1. The summed E-state index contributed by atoms with van der Waals surface area (Å²) in [5.74, 6) is -0.133. The second kappa shape index (κ2) is 5.20. The van der Waals surface area contributed by atoms with Gasteiger partial charge in [0.05, 0.1) is 4.47 Å². The Hall–Kier alpha value is -1.37. The molecule has 0 spiro atoms. The molecular weight excluding hydrogens is 324 g/mol. The minimum atomic E-state index is -0.184. The van der Waals surface area contributed by atoms with E-state index in [1.807, 2.05) is 11.8 Å². The third-order valence-corrected chi connectivity index (χ3v) is 4.72. The molecule has 6 nitrogen and oxygen atoms in total. The van der Waals surface area contributed by atoms with Crippen LogP contribution in [0.1, 0.15) is 35.9 Å². The van der Waals surface area contributed by atoms with Gasteiger partial charge in [0, 0.05) is 24.8 Å². The number of H-pyrrole nitrogens is 1. The molecule has 2 fully saturated rings. The van der Waals surface area contributed by atoms with Crippen molar-refractivity contribution in [3.63, 3.8) is 0 Å². The lowest BCUT2D eigenvalue weighted by Crippen LogP contribution is -2.53. The van der Waals surface area contributed by atoms with Crippen LogP contribution < -0.4 is 0 Å². The molecule has 1 aromatic heterocycles. The zero-order valence-corrected chi connectivity index (χ0v) is 12.9. The van der Waals surface area contributed by atoms with Gasteiger partial charge in [-0.15, -0.1) is 0 Å². The van der Waals surface area contributed by atoms with Gasteiger partial charge in [-0.2, -0.15) is 5.10 Å². The fraction of sp³-hybridized carbons (Fsp3) is 0.615. The maximum absolute atomic E-state index is 12.4. The van der Waals surface area contributed by atoms with Crippen molar-refractivity contribution in [2.24, 2.45) is 0 Å². The van der Waals surface area contributed by atoms with Gasteiger partial charge in [-0.25, -0.2) is 0 Å². The van der Waals surface area contributed by atoms with Crippen molar-refractivity contribution in [3.8, 4) is 0 Å². The SMILES string of the molecule is CCc1[nH]nc(C(=O)N2CCN(C3CC3)C(=O)C2)c1Br. The molecular formula is C13H17BrN4O2. The van der Waals surface area contributed by atoms with Gasteiger partial charge in [0.15, 0.2) is 5.69 Å². The monoisotopic (exact) mass is 340 g/mol. The molecule has 0 bridgehead atoms. The quantitative estimate of drug-likeness (QED) is 0.898. The fourth-order valence-electron chi connectivity index (χ4n) is 2.52. The normalized spacial score (nSPS) is 19.6. The molecule has 2 aliphatic rings. The molecule has 0 atom stereocenters. The summed E-state index contributed by atoms with van der Waals surface area (Å²) >= 11 is 3.40. The molecule has 108 valence electrons. The lowest BCUT2D eigenvalue weighted by Gasteiger charge is -2.34. The molecule has 7 heteroatoms. The van der Waals surface area contributed by atoms with Crippen molar-refractivity contribution in [1.29, 1.82) is 0 Å². The smallest absolute Gasteiger partial charge is 0.276 e. The van der Waals surface area contributed by atoms with Gasteiger partial charge in [-0.3, -0.25) is 14.7 Å². The summed E-state index contributed by atoms with van der Waals surface area (Å²) in [5.41, 5.74) is 1.27. The van der Waals surface area contributed by atoms with E-state index in [1.165, 1.54) is 0 Å². The van der Waals surface area contributed by atoms with Crippen LogP contribution in [0.3, 0.4) is 0 Å².